The number of carbonyl (C=O) groups is 1. The monoisotopic (exact) mass is 276 g/mol. The summed E-state index contributed by atoms with van der Waals surface area (Å²) < 4.78 is 16.8. The molecule has 1 aromatic rings. The standard InChI is InChI=1S/C16H20O4/c17-15(20-14-8-4-5-9-14)13-10-18-16(19-11-13)12-6-2-1-3-7-12/h1-3,6-7,13-14,16H,4-5,8-11H2. The maximum absolute atomic E-state index is 12.0. The van der Waals surface area contributed by atoms with Crippen molar-refractivity contribution < 1.29 is 19.0 Å². The smallest absolute Gasteiger partial charge is 0.313 e. The first kappa shape index (κ1) is 13.6. The van der Waals surface area contributed by atoms with Gasteiger partial charge in [-0.2, -0.15) is 0 Å². The number of esters is 1. The molecule has 0 amide bonds. The summed E-state index contributed by atoms with van der Waals surface area (Å²) in [5, 5.41) is 0. The van der Waals surface area contributed by atoms with Gasteiger partial charge in [0.05, 0.1) is 13.2 Å². The summed E-state index contributed by atoms with van der Waals surface area (Å²) in [7, 11) is 0. The lowest BCUT2D eigenvalue weighted by molar-refractivity contribution is -0.215. The van der Waals surface area contributed by atoms with Gasteiger partial charge >= 0.3 is 5.97 Å². The molecule has 0 N–H and O–H groups in total. The molecule has 1 aliphatic heterocycles. The van der Waals surface area contributed by atoms with Crippen molar-refractivity contribution in [1.29, 1.82) is 0 Å². The molecule has 0 unspecified atom stereocenters. The maximum Gasteiger partial charge on any atom is 0.313 e. The second kappa shape index (κ2) is 6.37. The highest BCUT2D eigenvalue weighted by molar-refractivity contribution is 5.73. The van der Waals surface area contributed by atoms with Crippen LogP contribution in [0.2, 0.25) is 0 Å². The molecule has 1 aliphatic carbocycles. The largest absolute Gasteiger partial charge is 0.462 e. The molecule has 1 saturated heterocycles. The Bertz CT molecular complexity index is 431. The Hall–Kier alpha value is -1.39. The maximum atomic E-state index is 12.0. The molecule has 4 heteroatoms. The molecule has 4 nitrogen and oxygen atoms in total. The van der Waals surface area contributed by atoms with Gasteiger partial charge in [-0.25, -0.2) is 0 Å². The van der Waals surface area contributed by atoms with E-state index in [1.165, 1.54) is 0 Å². The van der Waals surface area contributed by atoms with E-state index in [1.54, 1.807) is 0 Å². The minimum Gasteiger partial charge on any atom is -0.462 e. The van der Waals surface area contributed by atoms with E-state index >= 15 is 0 Å². The molecule has 2 fully saturated rings. The third kappa shape index (κ3) is 3.19. The van der Waals surface area contributed by atoms with Crippen molar-refractivity contribution in [2.75, 3.05) is 13.2 Å². The van der Waals surface area contributed by atoms with Gasteiger partial charge < -0.3 is 14.2 Å². The van der Waals surface area contributed by atoms with Crippen LogP contribution in [0.3, 0.4) is 0 Å². The first-order chi connectivity index (χ1) is 9.83. The Morgan fingerprint density at radius 3 is 2.35 bits per heavy atom. The zero-order chi connectivity index (χ0) is 13.8. The first-order valence-electron chi connectivity index (χ1n) is 7.31. The summed E-state index contributed by atoms with van der Waals surface area (Å²) in [4.78, 5) is 12.0. The van der Waals surface area contributed by atoms with Crippen LogP contribution in [0, 0.1) is 5.92 Å². The number of carbonyl (C=O) groups excluding carboxylic acids is 1. The normalized spacial score (nSPS) is 27.4. The van der Waals surface area contributed by atoms with E-state index in [9.17, 15) is 4.79 Å². The number of hydrogen-bond donors (Lipinski definition) is 0. The van der Waals surface area contributed by atoms with Gasteiger partial charge in [0, 0.05) is 5.56 Å². The van der Waals surface area contributed by atoms with Crippen molar-refractivity contribution in [3.05, 3.63) is 35.9 Å². The van der Waals surface area contributed by atoms with E-state index < -0.39 is 0 Å². The number of benzene rings is 1. The lowest BCUT2D eigenvalue weighted by Crippen LogP contribution is -2.35. The average Bonchev–Trinajstić information content (AvgIpc) is 3.01. The third-order valence-corrected chi connectivity index (χ3v) is 3.89. The van der Waals surface area contributed by atoms with Gasteiger partial charge in [-0.15, -0.1) is 0 Å². The summed E-state index contributed by atoms with van der Waals surface area (Å²) in [6, 6.07) is 9.77. The van der Waals surface area contributed by atoms with Gasteiger partial charge in [-0.05, 0) is 25.7 Å². The topological polar surface area (TPSA) is 44.8 Å². The minimum atomic E-state index is -0.369. The second-order valence-corrected chi connectivity index (χ2v) is 5.45. The molecule has 3 rings (SSSR count). The molecular weight excluding hydrogens is 256 g/mol. The highest BCUT2D eigenvalue weighted by Crippen LogP contribution is 2.27. The molecule has 0 radical (unpaired) electrons. The zero-order valence-electron chi connectivity index (χ0n) is 11.5. The Morgan fingerprint density at radius 2 is 1.70 bits per heavy atom. The quantitative estimate of drug-likeness (QED) is 0.796. The second-order valence-electron chi connectivity index (χ2n) is 5.45. The third-order valence-electron chi connectivity index (χ3n) is 3.89. The Kier molecular flexibility index (Phi) is 4.33. The SMILES string of the molecule is O=C(OC1CCCC1)C1COC(c2ccccc2)OC1. The van der Waals surface area contributed by atoms with Gasteiger partial charge in [-0.1, -0.05) is 30.3 Å². The van der Waals surface area contributed by atoms with Crippen molar-refractivity contribution in [2.45, 2.75) is 38.1 Å². The molecule has 108 valence electrons. The fraction of sp³-hybridized carbons (Fsp3) is 0.562. The van der Waals surface area contributed by atoms with E-state index in [2.05, 4.69) is 0 Å². The van der Waals surface area contributed by atoms with Crippen LogP contribution < -0.4 is 0 Å². The summed E-state index contributed by atoms with van der Waals surface area (Å²) >= 11 is 0. The van der Waals surface area contributed by atoms with Gasteiger partial charge in [0.1, 0.15) is 12.0 Å². The van der Waals surface area contributed by atoms with Gasteiger partial charge in [-0.3, -0.25) is 4.79 Å². The summed E-state index contributed by atoms with van der Waals surface area (Å²) in [5.74, 6) is -0.473. The molecule has 0 aromatic heterocycles. The van der Waals surface area contributed by atoms with Crippen LogP contribution in [-0.2, 0) is 19.0 Å². The highest BCUT2D eigenvalue weighted by Gasteiger charge is 2.31. The highest BCUT2D eigenvalue weighted by atomic mass is 16.7. The number of ether oxygens (including phenoxy) is 3. The molecule has 0 bridgehead atoms. The zero-order valence-corrected chi connectivity index (χ0v) is 11.5. The lowest BCUT2D eigenvalue weighted by Gasteiger charge is -2.29. The fourth-order valence-electron chi connectivity index (χ4n) is 2.71. The van der Waals surface area contributed by atoms with Crippen molar-refractivity contribution in [3.8, 4) is 0 Å². The minimum absolute atomic E-state index is 0.106. The van der Waals surface area contributed by atoms with Gasteiger partial charge in [0.2, 0.25) is 0 Å². The molecule has 1 saturated carbocycles. The predicted molar refractivity (Wildman–Crippen MR) is 72.9 cm³/mol. The summed E-state index contributed by atoms with van der Waals surface area (Å²) in [5.41, 5.74) is 0.982. The van der Waals surface area contributed by atoms with Crippen LogP contribution >= 0.6 is 0 Å². The number of hydrogen-bond acceptors (Lipinski definition) is 4. The summed E-state index contributed by atoms with van der Waals surface area (Å²) in [6.07, 6.45) is 4.04. The van der Waals surface area contributed by atoms with E-state index in [1.807, 2.05) is 30.3 Å². The van der Waals surface area contributed by atoms with Gasteiger partial charge in [0.25, 0.3) is 0 Å². The van der Waals surface area contributed by atoms with Gasteiger partial charge in [0.15, 0.2) is 6.29 Å². The van der Waals surface area contributed by atoms with E-state index in [0.717, 1.165) is 31.2 Å². The molecular formula is C16H20O4. The Labute approximate surface area is 119 Å². The fourth-order valence-corrected chi connectivity index (χ4v) is 2.71. The van der Waals surface area contributed by atoms with Crippen LogP contribution in [-0.4, -0.2) is 25.3 Å². The average molecular weight is 276 g/mol. The Balaban J connectivity index is 1.49. The molecule has 2 aliphatic rings. The van der Waals surface area contributed by atoms with Crippen molar-refractivity contribution in [2.24, 2.45) is 5.92 Å². The van der Waals surface area contributed by atoms with Crippen LogP contribution in [0.15, 0.2) is 30.3 Å². The predicted octanol–water partition coefficient (Wildman–Crippen LogP) is 2.83. The molecule has 1 heterocycles. The van der Waals surface area contributed by atoms with Crippen molar-refractivity contribution in [3.63, 3.8) is 0 Å². The van der Waals surface area contributed by atoms with Crippen LogP contribution in [0.1, 0.15) is 37.5 Å². The van der Waals surface area contributed by atoms with Crippen LogP contribution in [0.5, 0.6) is 0 Å². The van der Waals surface area contributed by atoms with Crippen LogP contribution in [0.25, 0.3) is 0 Å². The molecule has 20 heavy (non-hydrogen) atoms. The van der Waals surface area contributed by atoms with Crippen molar-refractivity contribution >= 4 is 5.97 Å². The van der Waals surface area contributed by atoms with Crippen molar-refractivity contribution in [1.82, 2.24) is 0 Å². The first-order valence-corrected chi connectivity index (χ1v) is 7.31. The van der Waals surface area contributed by atoms with E-state index in [4.69, 9.17) is 14.2 Å². The molecule has 0 atom stereocenters. The van der Waals surface area contributed by atoms with E-state index in [0.29, 0.717) is 13.2 Å². The summed E-state index contributed by atoms with van der Waals surface area (Å²) in [6.45, 7) is 0.732. The number of rotatable bonds is 3. The lowest BCUT2D eigenvalue weighted by atomic mass is 10.1. The molecule has 1 aromatic carbocycles. The van der Waals surface area contributed by atoms with E-state index in [-0.39, 0.29) is 24.3 Å². The Morgan fingerprint density at radius 1 is 1.05 bits per heavy atom. The molecule has 0 spiro atoms. The van der Waals surface area contributed by atoms with Crippen LogP contribution in [0.4, 0.5) is 0 Å².